The number of benzene rings is 2. The molecule has 3 aromatic rings. The molecule has 1 N–H and O–H groups in total. The Labute approximate surface area is 376 Å². The van der Waals surface area contributed by atoms with Crippen LogP contribution in [-0.4, -0.2) is 116 Å². The molecule has 1 saturated carbocycles. The van der Waals surface area contributed by atoms with E-state index in [2.05, 4.69) is 28.2 Å². The highest BCUT2D eigenvalue weighted by Crippen LogP contribution is 2.40. The number of ketones is 1. The maximum atomic E-state index is 13.3. The fraction of sp³-hybridized carbons (Fsp3) is 0.571. The number of anilines is 2. The number of Topliss-reactive ketones (excluding diaryl/α,β-unsaturated/α-hetero) is 1. The lowest BCUT2D eigenvalue weighted by Crippen LogP contribution is -2.55. The Morgan fingerprint density at radius 3 is 2.33 bits per heavy atom. The van der Waals surface area contributed by atoms with Crippen LogP contribution in [0.5, 0.6) is 5.75 Å². The molecule has 2 aromatic carbocycles. The third-order valence-corrected chi connectivity index (χ3v) is 13.0. The van der Waals surface area contributed by atoms with Gasteiger partial charge in [0.25, 0.3) is 5.91 Å². The highest BCUT2D eigenvalue weighted by molar-refractivity contribution is 6.06. The summed E-state index contributed by atoms with van der Waals surface area (Å²) >= 11 is 0. The summed E-state index contributed by atoms with van der Waals surface area (Å²) in [5.41, 5.74) is 5.03. The van der Waals surface area contributed by atoms with E-state index in [1.807, 2.05) is 24.3 Å². The number of imide groups is 1. The van der Waals surface area contributed by atoms with Crippen LogP contribution in [0.4, 0.5) is 11.5 Å². The van der Waals surface area contributed by atoms with Crippen molar-refractivity contribution in [2.24, 2.45) is 0 Å². The zero-order chi connectivity index (χ0) is 45.0. The summed E-state index contributed by atoms with van der Waals surface area (Å²) in [6.07, 6.45) is 13.8. The summed E-state index contributed by atoms with van der Waals surface area (Å²) in [5.74, 6) is 1.38. The number of ether oxygens (including phenoxy) is 4. The number of rotatable bonds is 24. The van der Waals surface area contributed by atoms with Crippen LogP contribution >= 0.6 is 0 Å². The van der Waals surface area contributed by atoms with Crippen LogP contribution in [0.25, 0.3) is 0 Å². The Morgan fingerprint density at radius 2 is 1.59 bits per heavy atom. The number of amides is 4. The number of piperidine rings is 1. The van der Waals surface area contributed by atoms with Crippen molar-refractivity contribution in [2.45, 2.75) is 128 Å². The number of carbonyl (C=O) groups excluding carboxylic acids is 5. The first-order valence-corrected chi connectivity index (χ1v) is 23.3. The molecule has 3 aliphatic heterocycles. The molecule has 0 bridgehead atoms. The van der Waals surface area contributed by atoms with Crippen LogP contribution in [0.1, 0.15) is 134 Å². The van der Waals surface area contributed by atoms with Crippen LogP contribution in [0.3, 0.4) is 0 Å². The zero-order valence-corrected chi connectivity index (χ0v) is 37.7. The average molecular weight is 881 g/mol. The second-order valence-corrected chi connectivity index (χ2v) is 17.2. The standard InChI is InChI=1S/C49H64N6O9/c1-4-39-49(60)53(2)41-31-50-44(51-46(41)55(39)36-15-8-9-16-36)30-35-20-19-34(29-43(35)61-3)42(56)18-12-24-63-26-28-64-27-25-62-23-10-6-5-7-13-33-14-11-17-37-38(33)32-54(48(37)59)40-21-22-45(57)52-47(40)58/h11,14,17,19-20,29,31,36,39-40H,4-10,12-13,15-16,18,21-28,30,32H2,1-3H3,(H,52,57,58)/t39-,40?/m1/s1. The zero-order valence-electron chi connectivity index (χ0n) is 37.7. The molecule has 0 spiro atoms. The minimum Gasteiger partial charge on any atom is -0.496 e. The molecule has 0 radical (unpaired) electrons. The predicted octanol–water partition coefficient (Wildman–Crippen LogP) is 6.16. The number of unbranched alkanes of at least 4 members (excludes halogenated alkanes) is 3. The first-order chi connectivity index (χ1) is 31.2. The topological polar surface area (TPSA) is 170 Å². The summed E-state index contributed by atoms with van der Waals surface area (Å²) in [7, 11) is 3.41. The van der Waals surface area contributed by atoms with E-state index < -0.39 is 6.04 Å². The Balaban J connectivity index is 0.730. The third kappa shape index (κ3) is 11.2. The number of aromatic nitrogens is 2. The molecular formula is C49H64N6O9. The number of hydrogen-bond acceptors (Lipinski definition) is 12. The van der Waals surface area contributed by atoms with Crippen LogP contribution in [0, 0.1) is 0 Å². The predicted molar refractivity (Wildman–Crippen MR) is 241 cm³/mol. The van der Waals surface area contributed by atoms with E-state index in [4.69, 9.17) is 23.9 Å². The van der Waals surface area contributed by atoms with Gasteiger partial charge in [-0.2, -0.15) is 0 Å². The highest BCUT2D eigenvalue weighted by atomic mass is 16.5. The second kappa shape index (κ2) is 22.6. The molecule has 4 heterocycles. The van der Waals surface area contributed by atoms with Crippen molar-refractivity contribution in [2.75, 3.05) is 63.6 Å². The summed E-state index contributed by atoms with van der Waals surface area (Å²) in [5, 5.41) is 2.36. The molecule has 1 saturated heterocycles. The summed E-state index contributed by atoms with van der Waals surface area (Å²) in [6.45, 7) is 5.50. The summed E-state index contributed by atoms with van der Waals surface area (Å²) in [6, 6.07) is 10.8. The maximum Gasteiger partial charge on any atom is 0.255 e. The van der Waals surface area contributed by atoms with Crippen LogP contribution in [-0.2, 0) is 48.0 Å². The molecule has 1 aliphatic carbocycles. The molecule has 2 atom stereocenters. The third-order valence-electron chi connectivity index (χ3n) is 13.0. The molecule has 7 rings (SSSR count). The van der Waals surface area contributed by atoms with Crippen molar-refractivity contribution in [1.82, 2.24) is 20.2 Å². The first kappa shape index (κ1) is 46.7. The van der Waals surface area contributed by atoms with Gasteiger partial charge in [-0.15, -0.1) is 0 Å². The van der Waals surface area contributed by atoms with E-state index >= 15 is 0 Å². The largest absolute Gasteiger partial charge is 0.496 e. The van der Waals surface area contributed by atoms with Gasteiger partial charge in [-0.25, -0.2) is 9.97 Å². The Morgan fingerprint density at radius 1 is 0.859 bits per heavy atom. The Kier molecular flexibility index (Phi) is 16.5. The molecule has 1 unspecified atom stereocenters. The van der Waals surface area contributed by atoms with Gasteiger partial charge in [0.2, 0.25) is 17.7 Å². The minimum absolute atomic E-state index is 0.0227. The smallest absolute Gasteiger partial charge is 0.255 e. The van der Waals surface area contributed by atoms with Gasteiger partial charge in [-0.3, -0.25) is 29.3 Å². The van der Waals surface area contributed by atoms with E-state index in [1.54, 1.807) is 36.2 Å². The molecule has 4 amide bonds. The average Bonchev–Trinajstić information content (AvgIpc) is 3.96. The van der Waals surface area contributed by atoms with E-state index in [9.17, 15) is 24.0 Å². The first-order valence-electron chi connectivity index (χ1n) is 23.3. The van der Waals surface area contributed by atoms with E-state index in [0.29, 0.717) is 107 Å². The number of carbonyl (C=O) groups is 5. The van der Waals surface area contributed by atoms with Gasteiger partial charge in [0.05, 0.1) is 39.7 Å². The molecule has 15 heteroatoms. The number of likely N-dealkylation sites (N-methyl/N-ethyl adjacent to an activating group) is 1. The molecule has 15 nitrogen and oxygen atoms in total. The van der Waals surface area contributed by atoms with Gasteiger partial charge >= 0.3 is 0 Å². The Hall–Kier alpha value is -5.25. The van der Waals surface area contributed by atoms with Gasteiger partial charge in [0, 0.05) is 68.8 Å². The van der Waals surface area contributed by atoms with Crippen molar-refractivity contribution in [1.29, 1.82) is 0 Å². The second-order valence-electron chi connectivity index (χ2n) is 17.2. The fourth-order valence-corrected chi connectivity index (χ4v) is 9.52. The van der Waals surface area contributed by atoms with Gasteiger partial charge < -0.3 is 33.6 Å². The highest BCUT2D eigenvalue weighted by Gasteiger charge is 2.42. The number of nitrogens with zero attached hydrogens (tertiary/aromatic N) is 5. The lowest BCUT2D eigenvalue weighted by molar-refractivity contribution is -0.137. The lowest BCUT2D eigenvalue weighted by Gasteiger charge is -2.43. The fourth-order valence-electron chi connectivity index (χ4n) is 9.52. The van der Waals surface area contributed by atoms with Crippen molar-refractivity contribution in [3.63, 3.8) is 0 Å². The number of hydrogen-bond donors (Lipinski definition) is 1. The summed E-state index contributed by atoms with van der Waals surface area (Å²) < 4.78 is 22.8. The maximum absolute atomic E-state index is 13.3. The molecule has 344 valence electrons. The van der Waals surface area contributed by atoms with Crippen molar-refractivity contribution >= 4 is 40.9 Å². The molecule has 64 heavy (non-hydrogen) atoms. The van der Waals surface area contributed by atoms with Crippen LogP contribution in [0.15, 0.2) is 42.6 Å². The molecule has 4 aliphatic rings. The van der Waals surface area contributed by atoms with Gasteiger partial charge in [0.15, 0.2) is 11.6 Å². The lowest BCUT2D eigenvalue weighted by atomic mass is 9.98. The Bertz CT molecular complexity index is 2140. The monoisotopic (exact) mass is 880 g/mol. The van der Waals surface area contributed by atoms with Gasteiger partial charge in [0.1, 0.15) is 29.3 Å². The molecule has 2 fully saturated rings. The number of aryl methyl sites for hydroxylation is 1. The number of methoxy groups -OCH3 is 1. The van der Waals surface area contributed by atoms with E-state index in [0.717, 1.165) is 86.0 Å². The molecule has 1 aromatic heterocycles. The minimum atomic E-state index is -0.599. The SMILES string of the molecule is CC[C@@H]1C(=O)N(C)c2cnc(Cc3ccc(C(=O)CCCOCCOCCOCCCCCCc4cccc5c4CN(C4CCC(=O)NC4=O)C5=O)cc3OC)nc2N1C1CCCC1. The number of nitrogens with one attached hydrogen (secondary N) is 1. The van der Waals surface area contributed by atoms with Crippen molar-refractivity contribution in [3.8, 4) is 5.75 Å². The van der Waals surface area contributed by atoms with Gasteiger partial charge in [-0.05, 0) is 74.6 Å². The van der Waals surface area contributed by atoms with Crippen molar-refractivity contribution in [3.05, 3.63) is 76.2 Å². The normalized spacial score (nSPS) is 18.8. The van der Waals surface area contributed by atoms with Gasteiger partial charge in [-0.1, -0.05) is 56.9 Å². The van der Waals surface area contributed by atoms with Crippen molar-refractivity contribution < 1.29 is 42.9 Å². The number of fused-ring (bicyclic) bond motifs is 2. The van der Waals surface area contributed by atoms with Crippen LogP contribution in [0.2, 0.25) is 0 Å². The van der Waals surface area contributed by atoms with E-state index in [1.165, 1.54) is 0 Å². The molecular weight excluding hydrogens is 817 g/mol. The van der Waals surface area contributed by atoms with E-state index in [-0.39, 0.29) is 41.9 Å². The summed E-state index contributed by atoms with van der Waals surface area (Å²) in [4.78, 5) is 78.7. The van der Waals surface area contributed by atoms with Crippen LogP contribution < -0.4 is 19.9 Å². The quantitative estimate of drug-likeness (QED) is 0.0619.